The van der Waals surface area contributed by atoms with Crippen LogP contribution in [0, 0.1) is 5.92 Å². The minimum Gasteiger partial charge on any atom is -0.508 e. The number of aliphatic hydroxyl groups is 4. The summed E-state index contributed by atoms with van der Waals surface area (Å²) >= 11 is 0. The van der Waals surface area contributed by atoms with Gasteiger partial charge in [0.25, 0.3) is 0 Å². The van der Waals surface area contributed by atoms with Gasteiger partial charge in [0.2, 0.25) is 0 Å². The monoisotopic (exact) mass is 298 g/mol. The SMILES string of the molecule is O=C(C[C@H]1C(O)O[C@H](CO)[C@H](O)[C@@H]1O)c1ccc(O)cc1. The van der Waals surface area contributed by atoms with Crippen LogP contribution in [0.3, 0.4) is 0 Å². The topological polar surface area (TPSA) is 127 Å². The Kier molecular flexibility index (Phi) is 4.92. The summed E-state index contributed by atoms with van der Waals surface area (Å²) in [6.07, 6.45) is -5.54. The van der Waals surface area contributed by atoms with Crippen molar-refractivity contribution in [3.8, 4) is 5.75 Å². The summed E-state index contributed by atoms with van der Waals surface area (Å²) in [5.41, 5.74) is 0.311. The average molecular weight is 298 g/mol. The Morgan fingerprint density at radius 1 is 1.10 bits per heavy atom. The fraction of sp³-hybridized carbons (Fsp3) is 0.500. The summed E-state index contributed by atoms with van der Waals surface area (Å²) in [5.74, 6) is -1.34. The maximum atomic E-state index is 12.1. The first kappa shape index (κ1) is 15.9. The second kappa shape index (κ2) is 6.50. The third-order valence-electron chi connectivity index (χ3n) is 3.64. The molecule has 0 amide bonds. The molecule has 0 radical (unpaired) electrons. The minimum atomic E-state index is -1.46. The second-order valence-corrected chi connectivity index (χ2v) is 5.07. The van der Waals surface area contributed by atoms with E-state index in [0.717, 1.165) is 0 Å². The zero-order valence-electron chi connectivity index (χ0n) is 11.2. The van der Waals surface area contributed by atoms with Crippen molar-refractivity contribution in [1.82, 2.24) is 0 Å². The lowest BCUT2D eigenvalue weighted by Gasteiger charge is -2.39. The van der Waals surface area contributed by atoms with Crippen LogP contribution in [0.1, 0.15) is 16.8 Å². The smallest absolute Gasteiger partial charge is 0.163 e. The predicted molar refractivity (Wildman–Crippen MR) is 70.5 cm³/mol. The van der Waals surface area contributed by atoms with E-state index in [9.17, 15) is 20.1 Å². The molecule has 1 heterocycles. The third-order valence-corrected chi connectivity index (χ3v) is 3.64. The van der Waals surface area contributed by atoms with Crippen LogP contribution in [0.5, 0.6) is 5.75 Å². The van der Waals surface area contributed by atoms with E-state index in [1.807, 2.05) is 0 Å². The summed E-state index contributed by atoms with van der Waals surface area (Å²) < 4.78 is 4.99. The standard InChI is InChI=1S/C14H18O7/c15-6-11-13(19)12(18)9(14(20)21-11)5-10(17)7-1-3-8(16)4-2-7/h1-4,9,11-16,18-20H,5-6H2/t9-,11-,12-,13+,14?/m1/s1. The molecule has 1 unspecified atom stereocenters. The van der Waals surface area contributed by atoms with Crippen molar-refractivity contribution in [2.45, 2.75) is 31.0 Å². The number of ether oxygens (including phenoxy) is 1. The fourth-order valence-electron chi connectivity index (χ4n) is 2.35. The molecule has 7 heteroatoms. The number of rotatable bonds is 4. The summed E-state index contributed by atoms with van der Waals surface area (Å²) in [6.45, 7) is -0.548. The van der Waals surface area contributed by atoms with Gasteiger partial charge < -0.3 is 30.3 Å². The molecule has 0 aliphatic carbocycles. The van der Waals surface area contributed by atoms with Crippen molar-refractivity contribution in [3.05, 3.63) is 29.8 Å². The molecule has 0 aromatic heterocycles. The number of ketones is 1. The number of Topliss-reactive ketones (excluding diaryl/α,β-unsaturated/α-hetero) is 1. The van der Waals surface area contributed by atoms with Crippen LogP contribution in [0.2, 0.25) is 0 Å². The molecule has 1 aromatic rings. The minimum absolute atomic E-state index is 0.0221. The normalized spacial score (nSPS) is 32.9. The van der Waals surface area contributed by atoms with Gasteiger partial charge in [-0.25, -0.2) is 0 Å². The van der Waals surface area contributed by atoms with Gasteiger partial charge in [-0.1, -0.05) is 0 Å². The summed E-state index contributed by atoms with van der Waals surface area (Å²) in [7, 11) is 0. The van der Waals surface area contributed by atoms with Gasteiger partial charge in [-0.2, -0.15) is 0 Å². The predicted octanol–water partition coefficient (Wildman–Crippen LogP) is -0.988. The second-order valence-electron chi connectivity index (χ2n) is 5.07. The number of carbonyl (C=O) groups is 1. The van der Waals surface area contributed by atoms with Gasteiger partial charge in [-0.3, -0.25) is 4.79 Å². The van der Waals surface area contributed by atoms with Gasteiger partial charge in [0, 0.05) is 17.9 Å². The van der Waals surface area contributed by atoms with Crippen LogP contribution in [0.15, 0.2) is 24.3 Å². The van der Waals surface area contributed by atoms with E-state index in [1.165, 1.54) is 24.3 Å². The van der Waals surface area contributed by atoms with Crippen LogP contribution in [-0.4, -0.2) is 62.5 Å². The number of aliphatic hydroxyl groups excluding tert-OH is 4. The maximum Gasteiger partial charge on any atom is 0.163 e. The zero-order valence-corrected chi connectivity index (χ0v) is 11.2. The molecule has 7 nitrogen and oxygen atoms in total. The molecular formula is C14H18O7. The summed E-state index contributed by atoms with van der Waals surface area (Å²) in [5, 5.41) is 47.7. The Bertz CT molecular complexity index is 487. The molecule has 0 bridgehead atoms. The van der Waals surface area contributed by atoms with Gasteiger partial charge in [0.05, 0.1) is 12.7 Å². The van der Waals surface area contributed by atoms with Crippen molar-refractivity contribution >= 4 is 5.78 Å². The highest BCUT2D eigenvalue weighted by molar-refractivity contribution is 5.96. The van der Waals surface area contributed by atoms with E-state index < -0.39 is 37.1 Å². The highest BCUT2D eigenvalue weighted by atomic mass is 16.6. The number of benzene rings is 1. The lowest BCUT2D eigenvalue weighted by Crippen LogP contribution is -2.56. The van der Waals surface area contributed by atoms with E-state index in [1.54, 1.807) is 0 Å². The van der Waals surface area contributed by atoms with Crippen LogP contribution in [0.25, 0.3) is 0 Å². The molecule has 2 rings (SSSR count). The number of aromatic hydroxyl groups is 1. The number of phenols is 1. The third kappa shape index (κ3) is 3.39. The van der Waals surface area contributed by atoms with Crippen LogP contribution < -0.4 is 0 Å². The zero-order chi connectivity index (χ0) is 15.6. The fourth-order valence-corrected chi connectivity index (χ4v) is 2.35. The van der Waals surface area contributed by atoms with Gasteiger partial charge >= 0.3 is 0 Å². The van der Waals surface area contributed by atoms with E-state index >= 15 is 0 Å². The first-order chi connectivity index (χ1) is 9.93. The molecule has 1 aliphatic rings. The van der Waals surface area contributed by atoms with Crippen molar-refractivity contribution in [1.29, 1.82) is 0 Å². The Labute approximate surface area is 121 Å². The summed E-state index contributed by atoms with van der Waals surface area (Å²) in [6, 6.07) is 5.56. The van der Waals surface area contributed by atoms with Crippen LogP contribution in [-0.2, 0) is 4.74 Å². The first-order valence-corrected chi connectivity index (χ1v) is 6.56. The molecule has 1 aromatic carbocycles. The number of hydrogen-bond acceptors (Lipinski definition) is 7. The summed E-state index contributed by atoms with van der Waals surface area (Å²) in [4.78, 5) is 12.1. The van der Waals surface area contributed by atoms with Crippen molar-refractivity contribution in [2.75, 3.05) is 6.61 Å². The van der Waals surface area contributed by atoms with E-state index in [4.69, 9.17) is 14.9 Å². The van der Waals surface area contributed by atoms with Crippen molar-refractivity contribution in [3.63, 3.8) is 0 Å². The number of phenolic OH excluding ortho intramolecular Hbond substituents is 1. The molecule has 0 spiro atoms. The van der Waals surface area contributed by atoms with Gasteiger partial charge in [-0.05, 0) is 24.3 Å². The molecule has 5 N–H and O–H groups in total. The number of carbonyl (C=O) groups excluding carboxylic acids is 1. The van der Waals surface area contributed by atoms with Crippen molar-refractivity contribution < 1.29 is 35.1 Å². The number of hydrogen-bond donors (Lipinski definition) is 5. The molecule has 5 atom stereocenters. The van der Waals surface area contributed by atoms with E-state index in [-0.39, 0.29) is 18.0 Å². The average Bonchev–Trinajstić information content (AvgIpc) is 2.47. The van der Waals surface area contributed by atoms with Gasteiger partial charge in [-0.15, -0.1) is 0 Å². The Hall–Kier alpha value is -1.51. The van der Waals surface area contributed by atoms with E-state index in [2.05, 4.69) is 0 Å². The molecule has 1 fully saturated rings. The molecular weight excluding hydrogens is 280 g/mol. The lowest BCUT2D eigenvalue weighted by atomic mass is 9.86. The van der Waals surface area contributed by atoms with E-state index in [0.29, 0.717) is 5.56 Å². The molecule has 1 saturated heterocycles. The van der Waals surface area contributed by atoms with Crippen LogP contribution >= 0.6 is 0 Å². The van der Waals surface area contributed by atoms with Gasteiger partial charge in [0.15, 0.2) is 12.1 Å². The molecule has 1 aliphatic heterocycles. The maximum absolute atomic E-state index is 12.1. The first-order valence-electron chi connectivity index (χ1n) is 6.56. The highest BCUT2D eigenvalue weighted by Gasteiger charge is 2.44. The Balaban J connectivity index is 2.07. The van der Waals surface area contributed by atoms with Crippen molar-refractivity contribution in [2.24, 2.45) is 5.92 Å². The molecule has 0 saturated carbocycles. The lowest BCUT2D eigenvalue weighted by molar-refractivity contribution is -0.268. The Morgan fingerprint density at radius 3 is 2.29 bits per heavy atom. The Morgan fingerprint density at radius 2 is 1.71 bits per heavy atom. The molecule has 116 valence electrons. The highest BCUT2D eigenvalue weighted by Crippen LogP contribution is 2.28. The largest absolute Gasteiger partial charge is 0.508 e. The van der Waals surface area contributed by atoms with Crippen LogP contribution in [0.4, 0.5) is 0 Å². The quantitative estimate of drug-likeness (QED) is 0.452. The van der Waals surface area contributed by atoms with Gasteiger partial charge in [0.1, 0.15) is 18.0 Å². The molecule has 21 heavy (non-hydrogen) atoms.